The van der Waals surface area contributed by atoms with E-state index in [0.717, 1.165) is 56.8 Å². The van der Waals surface area contributed by atoms with Gasteiger partial charge in [0.2, 0.25) is 0 Å². The zero-order chi connectivity index (χ0) is 23.5. The van der Waals surface area contributed by atoms with Crippen LogP contribution < -0.4 is 0 Å². The minimum Gasteiger partial charge on any atom is -0.481 e. The van der Waals surface area contributed by atoms with Gasteiger partial charge in [0, 0.05) is 20.8 Å². The topological polar surface area (TPSA) is 50.2 Å². The van der Waals surface area contributed by atoms with Crippen molar-refractivity contribution in [1.29, 1.82) is 0 Å². The number of benzene rings is 1. The maximum Gasteiger partial charge on any atom is 0.416 e. The molecule has 0 amide bonds. The number of aliphatic carboxylic acids is 1. The van der Waals surface area contributed by atoms with Crippen LogP contribution in [0.3, 0.4) is 0 Å². The van der Waals surface area contributed by atoms with Crippen molar-refractivity contribution in [2.24, 2.45) is 5.92 Å². The number of carbonyl (C=O) groups is 1. The fourth-order valence-corrected chi connectivity index (χ4v) is 8.18. The van der Waals surface area contributed by atoms with Gasteiger partial charge in [-0.2, -0.15) is 13.2 Å². The van der Waals surface area contributed by atoms with Gasteiger partial charge in [-0.05, 0) is 49.3 Å². The van der Waals surface area contributed by atoms with Gasteiger partial charge >= 0.3 is 12.1 Å². The number of fused-ring (bicyclic) bond motifs is 1. The summed E-state index contributed by atoms with van der Waals surface area (Å²) in [4.78, 5) is 17.0. The number of hydrogen-bond donors (Lipinski definition) is 1. The zero-order valence-electron chi connectivity index (χ0n) is 18.4. The first-order valence-corrected chi connectivity index (χ1v) is 13.5. The molecule has 1 N–H and O–H groups in total. The third-order valence-corrected chi connectivity index (χ3v) is 9.89. The van der Waals surface area contributed by atoms with E-state index in [2.05, 4.69) is 18.8 Å². The smallest absolute Gasteiger partial charge is 0.416 e. The van der Waals surface area contributed by atoms with Crippen LogP contribution in [0.2, 0.25) is 0 Å². The van der Waals surface area contributed by atoms with Gasteiger partial charge in [0.1, 0.15) is 4.34 Å². The average Bonchev–Trinajstić information content (AvgIpc) is 3.22. The number of nitrogens with zero attached hydrogens (tertiary/aromatic N) is 1. The van der Waals surface area contributed by atoms with Gasteiger partial charge in [-0.15, -0.1) is 23.1 Å². The first-order chi connectivity index (χ1) is 15.1. The number of hydrogen-bond acceptors (Lipinski definition) is 5. The fraction of sp³-hybridized carbons (Fsp3) is 0.565. The molecule has 9 heteroatoms. The first kappa shape index (κ1) is 25.4. The molecule has 3 unspecified atom stereocenters. The third kappa shape index (κ3) is 6.23. The lowest BCUT2D eigenvalue weighted by molar-refractivity contribution is -0.138. The van der Waals surface area contributed by atoms with Crippen molar-refractivity contribution >= 4 is 40.8 Å². The van der Waals surface area contributed by atoms with Gasteiger partial charge in [-0.1, -0.05) is 44.5 Å². The summed E-state index contributed by atoms with van der Waals surface area (Å²) < 4.78 is 40.3. The molecule has 0 spiro atoms. The normalized spacial score (nSPS) is 19.2. The molecule has 0 bridgehead atoms. The summed E-state index contributed by atoms with van der Waals surface area (Å²) in [7, 11) is 0. The molecular formula is C23H28F3NO2S3. The Bertz CT molecular complexity index is 945. The van der Waals surface area contributed by atoms with E-state index in [9.17, 15) is 18.0 Å². The molecule has 0 fully saturated rings. The Labute approximate surface area is 199 Å². The number of aryl methyl sites for hydroxylation is 1. The van der Waals surface area contributed by atoms with E-state index in [1.54, 1.807) is 29.6 Å². The predicted octanol–water partition coefficient (Wildman–Crippen LogP) is 7.66. The van der Waals surface area contributed by atoms with Gasteiger partial charge < -0.3 is 5.11 Å². The summed E-state index contributed by atoms with van der Waals surface area (Å²) in [6.07, 6.45) is -0.120. The van der Waals surface area contributed by atoms with Gasteiger partial charge in [-0.25, -0.2) is 4.98 Å². The fourth-order valence-electron chi connectivity index (χ4n) is 4.12. The second kappa shape index (κ2) is 10.8. The Hall–Kier alpha value is -1.19. The van der Waals surface area contributed by atoms with Crippen LogP contribution in [0, 0.1) is 12.8 Å². The molecular weight excluding hydrogens is 475 g/mol. The standard InChI is InChI=1S/C23H28F3NO2S3/c1-4-5-6-15(9-10-30-22-27-14(3)18(32-22)12-20(28)29)21-13(2)17-8-7-16(23(24,25)26)11-19(17)31-21/h7-8,11,13,15,21H,4-6,9-10,12H2,1-3H3,(H,28,29). The zero-order valence-corrected chi connectivity index (χ0v) is 20.8. The number of carboxylic acids is 1. The lowest BCUT2D eigenvalue weighted by Crippen LogP contribution is -2.21. The number of halogens is 3. The minimum absolute atomic E-state index is 0.00239. The number of thioether (sulfide) groups is 2. The van der Waals surface area contributed by atoms with E-state index in [0.29, 0.717) is 5.92 Å². The molecule has 1 aliphatic heterocycles. The van der Waals surface area contributed by atoms with Crippen molar-refractivity contribution in [2.45, 2.75) is 79.5 Å². The van der Waals surface area contributed by atoms with Crippen molar-refractivity contribution in [1.82, 2.24) is 4.98 Å². The van der Waals surface area contributed by atoms with Crippen LogP contribution in [0.25, 0.3) is 0 Å². The number of thiazole rings is 1. The Morgan fingerprint density at radius 2 is 2.06 bits per heavy atom. The highest BCUT2D eigenvalue weighted by Gasteiger charge is 2.38. The van der Waals surface area contributed by atoms with E-state index in [4.69, 9.17) is 5.11 Å². The molecule has 3 rings (SSSR count). The molecule has 2 aromatic rings. The maximum atomic E-state index is 13.2. The number of rotatable bonds is 10. The monoisotopic (exact) mass is 503 g/mol. The van der Waals surface area contributed by atoms with Crippen molar-refractivity contribution in [2.75, 3.05) is 5.75 Å². The van der Waals surface area contributed by atoms with Crippen molar-refractivity contribution < 1.29 is 23.1 Å². The summed E-state index contributed by atoms with van der Waals surface area (Å²) in [5.74, 6) is 0.632. The van der Waals surface area contributed by atoms with Crippen LogP contribution in [0.4, 0.5) is 13.2 Å². The summed E-state index contributed by atoms with van der Waals surface area (Å²) >= 11 is 4.70. The highest BCUT2D eigenvalue weighted by Crippen LogP contribution is 2.51. The molecule has 0 radical (unpaired) electrons. The number of aromatic nitrogens is 1. The minimum atomic E-state index is -4.32. The molecule has 1 aromatic heterocycles. The van der Waals surface area contributed by atoms with E-state index >= 15 is 0 Å². The number of unbranched alkanes of at least 4 members (excludes halogenated alkanes) is 1. The lowest BCUT2D eigenvalue weighted by Gasteiger charge is -2.26. The van der Waals surface area contributed by atoms with Crippen molar-refractivity contribution in [3.05, 3.63) is 39.9 Å². The third-order valence-electron chi connectivity index (χ3n) is 5.88. The van der Waals surface area contributed by atoms with E-state index < -0.39 is 17.7 Å². The summed E-state index contributed by atoms with van der Waals surface area (Å²) in [6.45, 7) is 6.13. The number of alkyl halides is 3. The van der Waals surface area contributed by atoms with Crippen LogP contribution in [0.1, 0.15) is 67.1 Å². The van der Waals surface area contributed by atoms with Crippen LogP contribution in [0.15, 0.2) is 27.4 Å². The molecule has 0 aliphatic carbocycles. The lowest BCUT2D eigenvalue weighted by atomic mass is 9.85. The molecule has 1 aromatic carbocycles. The quantitative estimate of drug-likeness (QED) is 0.337. The molecule has 0 saturated carbocycles. The second-order valence-corrected chi connectivity index (χ2v) is 11.9. The van der Waals surface area contributed by atoms with E-state index in [1.165, 1.54) is 23.5 Å². The van der Waals surface area contributed by atoms with Gasteiger partial charge in [0.25, 0.3) is 0 Å². The SMILES string of the molecule is CCCCC(CCSc1nc(C)c(CC(=O)O)s1)C1Sc2cc(C(F)(F)F)ccc2C1C. The van der Waals surface area contributed by atoms with Gasteiger partial charge in [-0.3, -0.25) is 4.79 Å². The summed E-state index contributed by atoms with van der Waals surface area (Å²) in [6, 6.07) is 4.17. The van der Waals surface area contributed by atoms with Crippen LogP contribution in [-0.2, 0) is 17.4 Å². The molecule has 1 aliphatic rings. The van der Waals surface area contributed by atoms with Crippen LogP contribution >= 0.6 is 34.9 Å². The average molecular weight is 504 g/mol. The Morgan fingerprint density at radius 1 is 1.31 bits per heavy atom. The first-order valence-electron chi connectivity index (χ1n) is 10.8. The maximum absolute atomic E-state index is 13.2. The van der Waals surface area contributed by atoms with Crippen molar-refractivity contribution in [3.63, 3.8) is 0 Å². The van der Waals surface area contributed by atoms with Gasteiger partial charge in [0.15, 0.2) is 0 Å². The van der Waals surface area contributed by atoms with Crippen LogP contribution in [-0.4, -0.2) is 27.1 Å². The second-order valence-electron chi connectivity index (χ2n) is 8.22. The Morgan fingerprint density at radius 3 is 2.72 bits per heavy atom. The molecule has 176 valence electrons. The van der Waals surface area contributed by atoms with Crippen LogP contribution in [0.5, 0.6) is 0 Å². The highest BCUT2D eigenvalue weighted by molar-refractivity contribution is 8.01. The predicted molar refractivity (Wildman–Crippen MR) is 126 cm³/mol. The molecule has 32 heavy (non-hydrogen) atoms. The van der Waals surface area contributed by atoms with Gasteiger partial charge in [0.05, 0.1) is 17.7 Å². The number of carboxylic acid groups (broad SMARTS) is 1. The molecule has 3 atom stereocenters. The Kier molecular flexibility index (Phi) is 8.60. The largest absolute Gasteiger partial charge is 0.481 e. The Balaban J connectivity index is 1.66. The van der Waals surface area contributed by atoms with Crippen molar-refractivity contribution in [3.8, 4) is 0 Å². The molecule has 2 heterocycles. The van der Waals surface area contributed by atoms with E-state index in [1.807, 2.05) is 6.92 Å². The highest BCUT2D eigenvalue weighted by atomic mass is 32.2. The van der Waals surface area contributed by atoms with E-state index in [-0.39, 0.29) is 17.6 Å². The summed E-state index contributed by atoms with van der Waals surface area (Å²) in [5, 5.41) is 9.29. The molecule has 3 nitrogen and oxygen atoms in total. The molecule has 0 saturated heterocycles. The summed E-state index contributed by atoms with van der Waals surface area (Å²) in [5.41, 5.74) is 1.22.